The molecule has 0 aromatic rings. The summed E-state index contributed by atoms with van der Waals surface area (Å²) in [5.41, 5.74) is 6.69. The summed E-state index contributed by atoms with van der Waals surface area (Å²) in [6.45, 7) is 6.90. The zero-order valence-corrected chi connectivity index (χ0v) is 13.3. The maximum atomic E-state index is 9.95. The zero-order valence-electron chi connectivity index (χ0n) is 13.3. The van der Waals surface area contributed by atoms with Crippen molar-refractivity contribution < 1.29 is 9.94 Å². The molecule has 3 N–H and O–H groups in total. The molecule has 1 aliphatic heterocycles. The summed E-state index contributed by atoms with van der Waals surface area (Å²) in [7, 11) is 0. The van der Waals surface area contributed by atoms with E-state index in [1.54, 1.807) is 0 Å². The van der Waals surface area contributed by atoms with Gasteiger partial charge < -0.3 is 20.6 Å². The molecular weight excluding hydrogens is 266 g/mol. The number of β-amino-alcohol motifs (C(OH)–C–C–N with tert-alkyl or cyclic N) is 1. The molecule has 0 spiro atoms. The van der Waals surface area contributed by atoms with Crippen LogP contribution in [0.4, 0.5) is 0 Å². The predicted octanol–water partition coefficient (Wildman–Crippen LogP) is 2.03. The first kappa shape index (κ1) is 17.7. The highest BCUT2D eigenvalue weighted by atomic mass is 16.6. The first-order valence-electron chi connectivity index (χ1n) is 7.86. The van der Waals surface area contributed by atoms with Gasteiger partial charge in [0, 0.05) is 12.1 Å². The number of allylic oxidation sites excluding steroid dienone is 2. The molecule has 21 heavy (non-hydrogen) atoms. The second kappa shape index (κ2) is 10.4. The van der Waals surface area contributed by atoms with Crippen LogP contribution in [0.25, 0.3) is 0 Å². The van der Waals surface area contributed by atoms with Crippen LogP contribution in [-0.2, 0) is 4.84 Å². The molecule has 5 nitrogen and oxygen atoms in total. The summed E-state index contributed by atoms with van der Waals surface area (Å²) < 4.78 is 0. The van der Waals surface area contributed by atoms with Crippen LogP contribution in [0.1, 0.15) is 39.5 Å². The second-order valence-electron chi connectivity index (χ2n) is 5.34. The van der Waals surface area contributed by atoms with E-state index >= 15 is 0 Å². The Kier molecular flexibility index (Phi) is 8.78. The quantitative estimate of drug-likeness (QED) is 0.311. The fraction of sp³-hybridized carbons (Fsp3) is 0.688. The molecule has 1 saturated heterocycles. The number of rotatable bonds is 8. The second-order valence-corrected chi connectivity index (χ2v) is 5.34. The molecule has 0 amide bonds. The SMILES string of the molecule is C/C=C(\C=CCC)C(N)=NOCC(O)CN1CCCCC1. The van der Waals surface area contributed by atoms with Gasteiger partial charge in [0.05, 0.1) is 0 Å². The van der Waals surface area contributed by atoms with E-state index in [0.29, 0.717) is 12.4 Å². The van der Waals surface area contributed by atoms with Crippen molar-refractivity contribution in [1.82, 2.24) is 4.90 Å². The molecule has 0 aromatic carbocycles. The monoisotopic (exact) mass is 295 g/mol. The standard InChI is InChI=1S/C16H29N3O2/c1-3-5-9-14(4-2)16(17)18-21-13-15(20)12-19-10-7-6-8-11-19/h4-5,9,15,20H,3,6-8,10-13H2,1-2H3,(H2,17,18)/b9-5?,14-4+. The lowest BCUT2D eigenvalue weighted by molar-refractivity contribution is 0.0157. The number of nitrogens with two attached hydrogens (primary N) is 1. The Morgan fingerprint density at radius 2 is 2.10 bits per heavy atom. The molecule has 1 fully saturated rings. The van der Waals surface area contributed by atoms with E-state index in [4.69, 9.17) is 10.6 Å². The molecule has 1 heterocycles. The molecule has 0 aromatic heterocycles. The van der Waals surface area contributed by atoms with E-state index in [1.807, 2.05) is 25.2 Å². The number of oxime groups is 1. The van der Waals surface area contributed by atoms with Crippen LogP contribution in [0.2, 0.25) is 0 Å². The smallest absolute Gasteiger partial charge is 0.169 e. The first-order valence-corrected chi connectivity index (χ1v) is 7.86. The number of hydrogen-bond acceptors (Lipinski definition) is 4. The molecular formula is C16H29N3O2. The third-order valence-electron chi connectivity index (χ3n) is 3.49. The predicted molar refractivity (Wildman–Crippen MR) is 87.1 cm³/mol. The van der Waals surface area contributed by atoms with Crippen LogP contribution in [0.15, 0.2) is 29.0 Å². The third kappa shape index (κ3) is 7.29. The minimum Gasteiger partial charge on any atom is -0.391 e. The topological polar surface area (TPSA) is 71.1 Å². The third-order valence-corrected chi connectivity index (χ3v) is 3.49. The average molecular weight is 295 g/mol. The summed E-state index contributed by atoms with van der Waals surface area (Å²) in [5, 5.41) is 13.8. The van der Waals surface area contributed by atoms with E-state index < -0.39 is 6.10 Å². The molecule has 120 valence electrons. The van der Waals surface area contributed by atoms with Crippen LogP contribution < -0.4 is 5.73 Å². The van der Waals surface area contributed by atoms with Gasteiger partial charge in [0.15, 0.2) is 5.84 Å². The molecule has 1 aliphatic rings. The fourth-order valence-electron chi connectivity index (χ4n) is 2.31. The number of hydrogen-bond donors (Lipinski definition) is 2. The maximum Gasteiger partial charge on any atom is 0.169 e. The van der Waals surface area contributed by atoms with Crippen LogP contribution in [0.3, 0.4) is 0 Å². The summed E-state index contributed by atoms with van der Waals surface area (Å²) in [6.07, 6.45) is 9.97. The van der Waals surface area contributed by atoms with E-state index in [2.05, 4.69) is 17.0 Å². The van der Waals surface area contributed by atoms with E-state index in [-0.39, 0.29) is 6.61 Å². The van der Waals surface area contributed by atoms with Crippen molar-refractivity contribution in [2.45, 2.75) is 45.6 Å². The highest BCUT2D eigenvalue weighted by Gasteiger charge is 2.14. The Morgan fingerprint density at radius 1 is 1.38 bits per heavy atom. The number of amidine groups is 1. The van der Waals surface area contributed by atoms with E-state index in [9.17, 15) is 5.11 Å². The number of piperidine rings is 1. The molecule has 1 atom stereocenters. The Labute approximate surface area is 128 Å². The van der Waals surface area contributed by atoms with Crippen molar-refractivity contribution >= 4 is 5.84 Å². The maximum absolute atomic E-state index is 9.95. The summed E-state index contributed by atoms with van der Waals surface area (Å²) in [6, 6.07) is 0. The minimum absolute atomic E-state index is 0.172. The molecule has 0 aliphatic carbocycles. The van der Waals surface area contributed by atoms with Crippen molar-refractivity contribution in [1.29, 1.82) is 0 Å². The largest absolute Gasteiger partial charge is 0.391 e. The Morgan fingerprint density at radius 3 is 2.71 bits per heavy atom. The molecule has 0 bridgehead atoms. The number of nitrogens with zero attached hydrogens (tertiary/aromatic N) is 2. The van der Waals surface area contributed by atoms with Gasteiger partial charge in [0.2, 0.25) is 0 Å². The van der Waals surface area contributed by atoms with Crippen molar-refractivity contribution in [2.24, 2.45) is 10.9 Å². The molecule has 0 radical (unpaired) electrons. The Balaban J connectivity index is 2.32. The van der Waals surface area contributed by atoms with Gasteiger partial charge in [-0.25, -0.2) is 0 Å². The van der Waals surface area contributed by atoms with Gasteiger partial charge in [-0.3, -0.25) is 0 Å². The number of likely N-dealkylation sites (tertiary alicyclic amines) is 1. The molecule has 5 heteroatoms. The lowest BCUT2D eigenvalue weighted by atomic mass is 10.1. The summed E-state index contributed by atoms with van der Waals surface area (Å²) in [4.78, 5) is 7.44. The molecule has 1 unspecified atom stereocenters. The van der Waals surface area contributed by atoms with Gasteiger partial charge in [-0.05, 0) is 39.3 Å². The van der Waals surface area contributed by atoms with Crippen molar-refractivity contribution in [3.8, 4) is 0 Å². The molecule has 1 rings (SSSR count). The normalized spacial score (nSPS) is 20.0. The number of aliphatic hydroxyl groups excluding tert-OH is 1. The zero-order chi connectivity index (χ0) is 15.5. The van der Waals surface area contributed by atoms with Gasteiger partial charge >= 0.3 is 0 Å². The van der Waals surface area contributed by atoms with Crippen LogP contribution >= 0.6 is 0 Å². The van der Waals surface area contributed by atoms with Crippen LogP contribution in [0, 0.1) is 0 Å². The highest BCUT2D eigenvalue weighted by Crippen LogP contribution is 2.09. The van der Waals surface area contributed by atoms with Crippen molar-refractivity contribution in [3.63, 3.8) is 0 Å². The Hall–Kier alpha value is -1.33. The van der Waals surface area contributed by atoms with E-state index in [0.717, 1.165) is 25.1 Å². The van der Waals surface area contributed by atoms with Crippen molar-refractivity contribution in [3.05, 3.63) is 23.8 Å². The fourth-order valence-corrected chi connectivity index (χ4v) is 2.31. The van der Waals surface area contributed by atoms with Gasteiger partial charge in [-0.2, -0.15) is 0 Å². The van der Waals surface area contributed by atoms with Gasteiger partial charge in [-0.1, -0.05) is 36.7 Å². The van der Waals surface area contributed by atoms with Crippen LogP contribution in [-0.4, -0.2) is 48.2 Å². The first-order chi connectivity index (χ1) is 10.2. The van der Waals surface area contributed by atoms with Crippen LogP contribution in [0.5, 0.6) is 0 Å². The average Bonchev–Trinajstić information content (AvgIpc) is 2.49. The lowest BCUT2D eigenvalue weighted by Crippen LogP contribution is -2.38. The highest BCUT2D eigenvalue weighted by molar-refractivity contribution is 5.99. The van der Waals surface area contributed by atoms with E-state index in [1.165, 1.54) is 19.3 Å². The van der Waals surface area contributed by atoms with Crippen molar-refractivity contribution in [2.75, 3.05) is 26.2 Å². The molecule has 0 saturated carbocycles. The lowest BCUT2D eigenvalue weighted by Gasteiger charge is -2.27. The number of aliphatic hydroxyl groups is 1. The van der Waals surface area contributed by atoms with Gasteiger partial charge in [-0.15, -0.1) is 0 Å². The Bertz CT molecular complexity index is 372. The van der Waals surface area contributed by atoms with Gasteiger partial charge in [0.1, 0.15) is 12.7 Å². The summed E-state index contributed by atoms with van der Waals surface area (Å²) in [5.74, 6) is 0.340. The summed E-state index contributed by atoms with van der Waals surface area (Å²) >= 11 is 0. The minimum atomic E-state index is -0.528. The van der Waals surface area contributed by atoms with Gasteiger partial charge in [0.25, 0.3) is 0 Å².